The fourth-order valence-corrected chi connectivity index (χ4v) is 8.18. The van der Waals surface area contributed by atoms with Gasteiger partial charge in [0.2, 0.25) is 5.91 Å². The Morgan fingerprint density at radius 1 is 0.860 bits per heavy atom. The molecule has 57 heavy (non-hydrogen) atoms. The van der Waals surface area contributed by atoms with E-state index in [-0.39, 0.29) is 94.8 Å². The second kappa shape index (κ2) is 27.5. The van der Waals surface area contributed by atoms with Gasteiger partial charge in [-0.3, -0.25) is 4.79 Å². The van der Waals surface area contributed by atoms with E-state index < -0.39 is 37.3 Å². The van der Waals surface area contributed by atoms with Crippen LogP contribution in [-0.4, -0.2) is 105 Å². The van der Waals surface area contributed by atoms with Crippen molar-refractivity contribution in [3.05, 3.63) is 54.1 Å². The highest BCUT2D eigenvalue weighted by Crippen LogP contribution is 2.37. The van der Waals surface area contributed by atoms with Crippen LogP contribution in [0.2, 0.25) is 0 Å². The Balaban J connectivity index is 0. The maximum absolute atomic E-state index is 14.1. The van der Waals surface area contributed by atoms with Crippen molar-refractivity contribution in [3.8, 4) is 11.5 Å². The number of fused-ring (bicyclic) bond motifs is 1. The summed E-state index contributed by atoms with van der Waals surface area (Å²) in [6, 6.07) is 15.7. The van der Waals surface area contributed by atoms with E-state index >= 15 is 0 Å². The van der Waals surface area contributed by atoms with Crippen LogP contribution in [0.15, 0.2) is 53.5 Å². The van der Waals surface area contributed by atoms with Gasteiger partial charge < -0.3 is 50.2 Å². The average molecular weight is 861 g/mol. The Morgan fingerprint density at radius 3 is 2.12 bits per heavy atom. The van der Waals surface area contributed by atoms with Crippen LogP contribution in [0.1, 0.15) is 112 Å². The van der Waals surface area contributed by atoms with Crippen LogP contribution in [0.4, 0.5) is 5.69 Å². The average Bonchev–Trinajstić information content (AvgIpc) is 3.14. The third-order valence-electron chi connectivity index (χ3n) is 10.9. The van der Waals surface area contributed by atoms with Crippen molar-refractivity contribution in [2.24, 2.45) is 16.6 Å². The number of hydrogen-bond donors (Lipinski definition) is 5. The molecule has 2 aliphatic carbocycles. The van der Waals surface area contributed by atoms with Crippen molar-refractivity contribution in [3.63, 3.8) is 0 Å². The number of aliphatic hydroxyl groups is 4. The van der Waals surface area contributed by atoms with Crippen molar-refractivity contribution in [1.82, 2.24) is 9.80 Å². The SMILES string of the molecule is C.C.C.C.NC1=Nc2ccc(Oc3ccccc3)cc2CN1[C@@H](CCC(=O)N(CCO[C@@H]1O[C@H](CO)[C@@H](O)[C@H](O)[C@H]1O)C1CCCCC1)C1CCCCC1.S.S.S. The first kappa shape index (κ1) is 56.9. The first-order chi connectivity index (χ1) is 24.3. The highest BCUT2D eigenvalue weighted by Gasteiger charge is 2.44. The van der Waals surface area contributed by atoms with Crippen LogP contribution in [0.3, 0.4) is 0 Å². The number of guanidine groups is 1. The molecule has 15 heteroatoms. The lowest BCUT2D eigenvalue weighted by Gasteiger charge is -2.42. The van der Waals surface area contributed by atoms with Gasteiger partial charge in [0.1, 0.15) is 35.9 Å². The molecule has 1 amide bonds. The predicted octanol–water partition coefficient (Wildman–Crippen LogP) is 6.83. The van der Waals surface area contributed by atoms with E-state index in [1.165, 1.54) is 6.42 Å². The molecule has 6 rings (SSSR count). The highest BCUT2D eigenvalue weighted by atomic mass is 32.1. The Labute approximate surface area is 363 Å². The van der Waals surface area contributed by atoms with E-state index in [2.05, 4.69) is 4.90 Å². The van der Waals surface area contributed by atoms with Crippen LogP contribution in [0, 0.1) is 5.92 Å². The number of aliphatic hydroxyl groups excluding tert-OH is 4. The van der Waals surface area contributed by atoms with Crippen molar-refractivity contribution in [1.29, 1.82) is 0 Å². The minimum Gasteiger partial charge on any atom is -0.457 e. The van der Waals surface area contributed by atoms with Crippen LogP contribution in [-0.2, 0) is 20.8 Å². The standard InChI is InChI=1S/C38H54N4O8.4CH4.3H2S/c39-38-40-30-17-16-29(49-28-14-8-3-9-15-28)22-26(30)23-42(38)31(25-10-4-1-5-11-25)18-19-33(44)41(27-12-6-2-7-13-27)20-21-48-37-36(47)35(46)34(45)32(24-43)50-37;;;;;;;/h3,8-9,14-17,22,25,27,31-32,34-37,43,45-47H,1-2,4-7,10-13,18-21,23-24H2,(H2,39,40);4*1H4;3*1H2/t31-,32+,34+,35-,36+,37+;;;;;;;/m0......./s1. The molecule has 0 bridgehead atoms. The molecule has 2 aromatic carbocycles. The third kappa shape index (κ3) is 14.5. The van der Waals surface area contributed by atoms with Gasteiger partial charge in [0.05, 0.1) is 18.9 Å². The number of hydrogen-bond acceptors (Lipinski definition) is 11. The number of aliphatic imine (C=N–C) groups is 1. The number of carbonyl (C=O) groups excluding carboxylic acids is 1. The summed E-state index contributed by atoms with van der Waals surface area (Å²) in [6.45, 7) is 0.440. The number of para-hydroxylation sites is 1. The Kier molecular flexibility index (Phi) is 27.5. The lowest BCUT2D eigenvalue weighted by molar-refractivity contribution is -0.301. The molecule has 4 aliphatic rings. The van der Waals surface area contributed by atoms with E-state index in [1.54, 1.807) is 0 Å². The Hall–Kier alpha value is -2.21. The lowest BCUT2D eigenvalue weighted by atomic mass is 9.81. The van der Waals surface area contributed by atoms with Crippen LogP contribution >= 0.6 is 40.5 Å². The van der Waals surface area contributed by atoms with E-state index in [9.17, 15) is 25.2 Å². The maximum Gasteiger partial charge on any atom is 0.222 e. The third-order valence-corrected chi connectivity index (χ3v) is 10.9. The molecule has 2 aliphatic heterocycles. The van der Waals surface area contributed by atoms with Gasteiger partial charge in [0.15, 0.2) is 12.2 Å². The molecule has 0 spiro atoms. The molecule has 0 aromatic heterocycles. The van der Waals surface area contributed by atoms with Gasteiger partial charge in [-0.15, -0.1) is 0 Å². The fraction of sp³-hybridized carbons (Fsp3) is 0.667. The molecule has 330 valence electrons. The molecule has 0 unspecified atom stereocenters. The molecule has 6 N–H and O–H groups in total. The normalized spacial score (nSPS) is 23.6. The monoisotopic (exact) mass is 860 g/mol. The van der Waals surface area contributed by atoms with Gasteiger partial charge in [-0.2, -0.15) is 40.5 Å². The summed E-state index contributed by atoms with van der Waals surface area (Å²) in [6.07, 6.45) is 5.11. The number of amides is 1. The second-order valence-electron chi connectivity index (χ2n) is 14.3. The van der Waals surface area contributed by atoms with Gasteiger partial charge in [-0.05, 0) is 68.4 Å². The molecule has 2 aromatic rings. The number of nitrogens with two attached hydrogens (primary N) is 1. The van der Waals surface area contributed by atoms with Gasteiger partial charge in [0, 0.05) is 37.2 Å². The maximum atomic E-state index is 14.1. The molecule has 2 saturated carbocycles. The minimum absolute atomic E-state index is 0. The minimum atomic E-state index is -1.51. The van der Waals surface area contributed by atoms with Crippen LogP contribution < -0.4 is 10.5 Å². The number of benzene rings is 2. The van der Waals surface area contributed by atoms with Gasteiger partial charge in [-0.1, -0.05) is 86.4 Å². The van der Waals surface area contributed by atoms with E-state index in [4.69, 9.17) is 24.9 Å². The summed E-state index contributed by atoms with van der Waals surface area (Å²) in [5.74, 6) is 2.44. The number of ether oxygens (including phenoxy) is 3. The van der Waals surface area contributed by atoms with Crippen LogP contribution in [0.5, 0.6) is 11.5 Å². The zero-order valence-electron chi connectivity index (χ0n) is 30.4. The molecule has 0 radical (unpaired) electrons. The van der Waals surface area contributed by atoms with Gasteiger partial charge in [-0.25, -0.2) is 4.99 Å². The van der Waals surface area contributed by atoms with Crippen molar-refractivity contribution in [2.45, 2.75) is 156 Å². The largest absolute Gasteiger partial charge is 0.457 e. The predicted molar refractivity (Wildman–Crippen MR) is 246 cm³/mol. The second-order valence-corrected chi connectivity index (χ2v) is 14.3. The zero-order chi connectivity index (χ0) is 35.0. The van der Waals surface area contributed by atoms with Gasteiger partial charge >= 0.3 is 0 Å². The quantitative estimate of drug-likeness (QED) is 0.144. The molecule has 3 fully saturated rings. The van der Waals surface area contributed by atoms with Crippen LogP contribution in [0.25, 0.3) is 0 Å². The summed E-state index contributed by atoms with van der Waals surface area (Å²) in [7, 11) is 0. The first-order valence-electron chi connectivity index (χ1n) is 18.5. The van der Waals surface area contributed by atoms with E-state index in [1.807, 2.05) is 53.4 Å². The number of rotatable bonds is 13. The molecule has 6 atom stereocenters. The summed E-state index contributed by atoms with van der Waals surface area (Å²) in [5.41, 5.74) is 8.55. The highest BCUT2D eigenvalue weighted by molar-refractivity contribution is 7.59. The lowest BCUT2D eigenvalue weighted by Crippen LogP contribution is -2.59. The first-order valence-corrected chi connectivity index (χ1v) is 18.5. The van der Waals surface area contributed by atoms with E-state index in [0.29, 0.717) is 37.8 Å². The topological polar surface area (TPSA) is 171 Å². The summed E-state index contributed by atoms with van der Waals surface area (Å²) in [4.78, 5) is 23.1. The van der Waals surface area contributed by atoms with Gasteiger partial charge in [0.25, 0.3) is 0 Å². The van der Waals surface area contributed by atoms with Crippen molar-refractivity contribution < 1.29 is 39.4 Å². The molecular weight excluding hydrogens is 785 g/mol. The van der Waals surface area contributed by atoms with E-state index in [0.717, 1.165) is 80.5 Å². The Morgan fingerprint density at radius 2 is 1.49 bits per heavy atom. The molecule has 1 saturated heterocycles. The smallest absolute Gasteiger partial charge is 0.222 e. The summed E-state index contributed by atoms with van der Waals surface area (Å²) < 4.78 is 17.5. The Bertz CT molecular complexity index is 1430. The summed E-state index contributed by atoms with van der Waals surface area (Å²) >= 11 is 0. The fourth-order valence-electron chi connectivity index (χ4n) is 8.18. The number of carbonyl (C=O) groups is 1. The number of nitrogens with zero attached hydrogens (tertiary/aromatic N) is 3. The zero-order valence-corrected chi connectivity index (χ0v) is 33.4. The van der Waals surface area contributed by atoms with Crippen molar-refractivity contribution >= 4 is 58.0 Å². The molecular formula is C42H76N4O8S3. The molecule has 12 nitrogen and oxygen atoms in total. The molecule has 2 heterocycles. The van der Waals surface area contributed by atoms with Crippen molar-refractivity contribution in [2.75, 3.05) is 19.8 Å². The summed E-state index contributed by atoms with van der Waals surface area (Å²) in [5, 5.41) is 40.3.